The molecule has 0 saturated heterocycles. The van der Waals surface area contributed by atoms with Gasteiger partial charge in [0, 0.05) is 24.0 Å². The van der Waals surface area contributed by atoms with E-state index < -0.39 is 5.97 Å². The first kappa shape index (κ1) is 14.1. The number of ether oxygens (including phenoxy) is 1. The van der Waals surface area contributed by atoms with Crippen LogP contribution in [0.15, 0.2) is 11.1 Å². The minimum absolute atomic E-state index is 0.0771. The predicted octanol–water partition coefficient (Wildman–Crippen LogP) is 3.50. The zero-order chi connectivity index (χ0) is 14.7. The van der Waals surface area contributed by atoms with Crippen molar-refractivity contribution in [3.8, 4) is 0 Å². The Balaban J connectivity index is 2.16. The smallest absolute Gasteiger partial charge is 0.331 e. The number of carbonyl (C=O) groups is 1. The molecule has 0 radical (unpaired) electrons. The van der Waals surface area contributed by atoms with Crippen molar-refractivity contribution < 1.29 is 14.6 Å². The third-order valence-electron chi connectivity index (χ3n) is 6.85. The molecule has 3 heteroatoms. The Morgan fingerprint density at radius 1 is 1.40 bits per heavy atom. The molecule has 3 aliphatic rings. The lowest BCUT2D eigenvalue weighted by Gasteiger charge is -2.51. The van der Waals surface area contributed by atoms with Crippen LogP contribution in [0.3, 0.4) is 0 Å². The molecule has 3 aliphatic carbocycles. The van der Waals surface area contributed by atoms with Gasteiger partial charge < -0.3 is 9.84 Å². The van der Waals surface area contributed by atoms with E-state index in [2.05, 4.69) is 20.8 Å². The van der Waals surface area contributed by atoms with E-state index in [1.807, 2.05) is 0 Å². The number of carboxylic acids is 1. The summed E-state index contributed by atoms with van der Waals surface area (Å²) in [6.07, 6.45) is 4.47. The van der Waals surface area contributed by atoms with E-state index in [-0.39, 0.29) is 16.7 Å². The largest absolute Gasteiger partial charge is 0.478 e. The third-order valence-corrected chi connectivity index (χ3v) is 6.85. The highest BCUT2D eigenvalue weighted by atomic mass is 16.5. The molecule has 1 N–H and O–H groups in total. The van der Waals surface area contributed by atoms with Gasteiger partial charge in [0.15, 0.2) is 0 Å². The van der Waals surface area contributed by atoms with Gasteiger partial charge in [0.25, 0.3) is 0 Å². The fourth-order valence-corrected chi connectivity index (χ4v) is 5.85. The summed E-state index contributed by atoms with van der Waals surface area (Å²) in [7, 11) is 1.67. The number of fused-ring (bicyclic) bond motifs is 1. The molecule has 0 heterocycles. The molecule has 2 bridgehead atoms. The molecule has 2 saturated carbocycles. The average molecular weight is 278 g/mol. The maximum Gasteiger partial charge on any atom is 0.331 e. The summed E-state index contributed by atoms with van der Waals surface area (Å²) in [6, 6.07) is 0. The minimum Gasteiger partial charge on any atom is -0.478 e. The van der Waals surface area contributed by atoms with Crippen molar-refractivity contribution in [1.82, 2.24) is 0 Å². The Labute approximate surface area is 121 Å². The normalized spacial score (nSPS) is 41.9. The van der Waals surface area contributed by atoms with E-state index >= 15 is 0 Å². The van der Waals surface area contributed by atoms with Crippen molar-refractivity contribution in [1.29, 1.82) is 0 Å². The molecule has 0 aromatic carbocycles. The van der Waals surface area contributed by atoms with Crippen LogP contribution in [0.25, 0.3) is 0 Å². The van der Waals surface area contributed by atoms with Crippen molar-refractivity contribution >= 4 is 5.97 Å². The van der Waals surface area contributed by atoms with E-state index in [1.165, 1.54) is 18.4 Å². The van der Waals surface area contributed by atoms with Crippen LogP contribution >= 0.6 is 0 Å². The Kier molecular flexibility index (Phi) is 3.06. The van der Waals surface area contributed by atoms with E-state index in [1.54, 1.807) is 7.11 Å². The van der Waals surface area contributed by atoms with Crippen molar-refractivity contribution in [2.45, 2.75) is 46.5 Å². The van der Waals surface area contributed by atoms with Crippen molar-refractivity contribution in [3.63, 3.8) is 0 Å². The second-order valence-electron chi connectivity index (χ2n) is 7.63. The van der Waals surface area contributed by atoms with Gasteiger partial charge in [-0.1, -0.05) is 26.3 Å². The van der Waals surface area contributed by atoms with Gasteiger partial charge in [-0.25, -0.2) is 4.79 Å². The third kappa shape index (κ3) is 1.47. The molecule has 2 fully saturated rings. The van der Waals surface area contributed by atoms with Crippen LogP contribution in [-0.2, 0) is 9.53 Å². The molecule has 20 heavy (non-hydrogen) atoms. The lowest BCUT2D eigenvalue weighted by Crippen LogP contribution is -2.45. The average Bonchev–Trinajstić information content (AvgIpc) is 2.72. The summed E-state index contributed by atoms with van der Waals surface area (Å²) in [6.45, 7) is 7.61. The Morgan fingerprint density at radius 2 is 2.10 bits per heavy atom. The summed E-state index contributed by atoms with van der Waals surface area (Å²) < 4.78 is 5.31. The molecular formula is C17H26O3. The van der Waals surface area contributed by atoms with Crippen molar-refractivity contribution in [3.05, 3.63) is 11.1 Å². The second-order valence-corrected chi connectivity index (χ2v) is 7.63. The lowest BCUT2D eigenvalue weighted by atomic mass is 9.52. The Hall–Kier alpha value is -0.830. The standard InChI is InChI=1S/C17H26O3/c1-10-5-6-12-7-13-14(15(18)19)11(9-20-4)8-17(10,13)16(12,2)3/h10-12H,5-9H2,1-4H3,(H,18,19). The van der Waals surface area contributed by atoms with Crippen LogP contribution in [0.4, 0.5) is 0 Å². The van der Waals surface area contributed by atoms with Crippen LogP contribution < -0.4 is 0 Å². The highest BCUT2D eigenvalue weighted by Crippen LogP contribution is 2.73. The number of hydrogen-bond acceptors (Lipinski definition) is 2. The maximum atomic E-state index is 11.8. The van der Waals surface area contributed by atoms with Gasteiger partial charge in [-0.2, -0.15) is 0 Å². The van der Waals surface area contributed by atoms with Crippen LogP contribution in [0.1, 0.15) is 46.5 Å². The summed E-state index contributed by atoms with van der Waals surface area (Å²) in [4.78, 5) is 11.8. The summed E-state index contributed by atoms with van der Waals surface area (Å²) >= 11 is 0. The first-order valence-electron chi connectivity index (χ1n) is 7.82. The molecule has 112 valence electrons. The van der Waals surface area contributed by atoms with Gasteiger partial charge in [-0.3, -0.25) is 0 Å². The van der Waals surface area contributed by atoms with E-state index in [9.17, 15) is 9.90 Å². The molecule has 1 spiro atoms. The van der Waals surface area contributed by atoms with Crippen LogP contribution in [0.5, 0.6) is 0 Å². The number of methoxy groups -OCH3 is 1. The Bertz CT molecular complexity index is 477. The van der Waals surface area contributed by atoms with Gasteiger partial charge in [-0.15, -0.1) is 0 Å². The summed E-state index contributed by atoms with van der Waals surface area (Å²) in [5.41, 5.74) is 2.29. The number of carboxylic acid groups (broad SMARTS) is 1. The van der Waals surface area contributed by atoms with Crippen molar-refractivity contribution in [2.24, 2.45) is 28.6 Å². The first-order valence-corrected chi connectivity index (χ1v) is 7.82. The predicted molar refractivity (Wildman–Crippen MR) is 77.4 cm³/mol. The van der Waals surface area contributed by atoms with Crippen LogP contribution in [0, 0.1) is 28.6 Å². The maximum absolute atomic E-state index is 11.8. The first-order chi connectivity index (χ1) is 9.36. The minimum atomic E-state index is -0.713. The van der Waals surface area contributed by atoms with E-state index in [0.29, 0.717) is 24.0 Å². The second kappa shape index (κ2) is 4.33. The van der Waals surface area contributed by atoms with E-state index in [4.69, 9.17) is 4.74 Å². The molecule has 0 aliphatic heterocycles. The molecule has 3 rings (SSSR count). The quantitative estimate of drug-likeness (QED) is 0.859. The lowest BCUT2D eigenvalue weighted by molar-refractivity contribution is -0.133. The number of allylic oxidation sites excluding steroid dienone is 1. The van der Waals surface area contributed by atoms with Crippen LogP contribution in [-0.4, -0.2) is 24.8 Å². The van der Waals surface area contributed by atoms with Gasteiger partial charge >= 0.3 is 5.97 Å². The molecule has 0 aromatic rings. The monoisotopic (exact) mass is 278 g/mol. The SMILES string of the molecule is COCC1CC23C(=C1C(=O)O)CC(CCC2C)C3(C)C. The fourth-order valence-electron chi connectivity index (χ4n) is 5.85. The molecule has 0 aromatic heterocycles. The number of hydrogen-bond donors (Lipinski definition) is 1. The highest BCUT2D eigenvalue weighted by molar-refractivity contribution is 5.89. The zero-order valence-corrected chi connectivity index (χ0v) is 13.0. The molecular weight excluding hydrogens is 252 g/mol. The summed E-state index contributed by atoms with van der Waals surface area (Å²) in [5, 5.41) is 9.72. The summed E-state index contributed by atoms with van der Waals surface area (Å²) in [5.74, 6) is 0.608. The van der Waals surface area contributed by atoms with Gasteiger partial charge in [0.1, 0.15) is 0 Å². The van der Waals surface area contributed by atoms with E-state index in [0.717, 1.165) is 12.8 Å². The zero-order valence-electron chi connectivity index (χ0n) is 13.0. The van der Waals surface area contributed by atoms with Gasteiger partial charge in [-0.05, 0) is 42.9 Å². The molecule has 4 atom stereocenters. The topological polar surface area (TPSA) is 46.5 Å². The van der Waals surface area contributed by atoms with Crippen LogP contribution in [0.2, 0.25) is 0 Å². The Morgan fingerprint density at radius 3 is 2.70 bits per heavy atom. The van der Waals surface area contributed by atoms with Crippen molar-refractivity contribution in [2.75, 3.05) is 13.7 Å². The molecule has 0 amide bonds. The number of aliphatic carboxylic acids is 1. The number of rotatable bonds is 3. The molecule has 4 unspecified atom stereocenters. The molecule has 3 nitrogen and oxygen atoms in total. The fraction of sp³-hybridized carbons (Fsp3) is 0.824. The van der Waals surface area contributed by atoms with Gasteiger partial charge in [0.2, 0.25) is 0 Å². The van der Waals surface area contributed by atoms with Gasteiger partial charge in [0.05, 0.1) is 6.61 Å². The highest BCUT2D eigenvalue weighted by Gasteiger charge is 2.66.